The molecule has 0 bridgehead atoms. The van der Waals surface area contributed by atoms with Crippen molar-refractivity contribution >= 4 is 14.6 Å². The Morgan fingerprint density at radius 1 is 1.21 bits per heavy atom. The summed E-state index contributed by atoms with van der Waals surface area (Å²) in [6, 6.07) is 3.76. The Morgan fingerprint density at radius 3 is 2.26 bits per heavy atom. The average molecular weight is 282 g/mol. The lowest BCUT2D eigenvalue weighted by Gasteiger charge is -2.35. The first-order valence-corrected chi connectivity index (χ1v) is 9.60. The van der Waals surface area contributed by atoms with Crippen LogP contribution in [0.3, 0.4) is 0 Å². The standard InChI is InChI=1S/C15H26O3Si/c1-14(2,3)19(6,7)17-10-12-8-9-13(18-12)15(4,5)11-16/h8-9,11H,10H2,1-7H3. The normalized spacial score (nSPS) is 13.6. The van der Waals surface area contributed by atoms with E-state index in [9.17, 15) is 4.79 Å². The summed E-state index contributed by atoms with van der Waals surface area (Å²) in [6.07, 6.45) is 0.907. The van der Waals surface area contributed by atoms with E-state index in [-0.39, 0.29) is 5.04 Å². The Balaban J connectivity index is 2.73. The van der Waals surface area contributed by atoms with Gasteiger partial charge in [0.1, 0.15) is 17.8 Å². The van der Waals surface area contributed by atoms with Crippen LogP contribution in [0.15, 0.2) is 16.5 Å². The number of carbonyl (C=O) groups excluding carboxylic acids is 1. The summed E-state index contributed by atoms with van der Waals surface area (Å²) in [5, 5.41) is 0.185. The van der Waals surface area contributed by atoms with E-state index in [0.717, 1.165) is 12.0 Å². The van der Waals surface area contributed by atoms with Crippen LogP contribution in [-0.2, 0) is 21.2 Å². The zero-order valence-corrected chi connectivity index (χ0v) is 14.2. The lowest BCUT2D eigenvalue weighted by molar-refractivity contribution is -0.112. The quantitative estimate of drug-likeness (QED) is 0.598. The van der Waals surface area contributed by atoms with Crippen molar-refractivity contribution in [2.45, 2.75) is 64.8 Å². The third-order valence-corrected chi connectivity index (χ3v) is 8.45. The number of rotatable bonds is 5. The van der Waals surface area contributed by atoms with Gasteiger partial charge in [-0.15, -0.1) is 0 Å². The van der Waals surface area contributed by atoms with Crippen molar-refractivity contribution in [3.8, 4) is 0 Å². The molecule has 1 aromatic rings. The minimum absolute atomic E-state index is 0.185. The summed E-state index contributed by atoms with van der Waals surface area (Å²) >= 11 is 0. The molecule has 0 aliphatic carbocycles. The summed E-state index contributed by atoms with van der Waals surface area (Å²) in [7, 11) is -1.76. The van der Waals surface area contributed by atoms with Gasteiger partial charge in [-0.2, -0.15) is 0 Å². The van der Waals surface area contributed by atoms with Crippen molar-refractivity contribution < 1.29 is 13.6 Å². The summed E-state index contributed by atoms with van der Waals surface area (Å²) in [5.41, 5.74) is -0.574. The van der Waals surface area contributed by atoms with Crippen molar-refractivity contribution in [3.05, 3.63) is 23.7 Å². The van der Waals surface area contributed by atoms with Crippen LogP contribution in [0.4, 0.5) is 0 Å². The zero-order valence-electron chi connectivity index (χ0n) is 13.2. The summed E-state index contributed by atoms with van der Waals surface area (Å²) < 4.78 is 11.8. The number of furan rings is 1. The molecule has 0 atom stereocenters. The second-order valence-electron chi connectivity index (χ2n) is 7.15. The van der Waals surface area contributed by atoms with E-state index in [2.05, 4.69) is 33.9 Å². The monoisotopic (exact) mass is 282 g/mol. The van der Waals surface area contributed by atoms with Gasteiger partial charge < -0.3 is 13.6 Å². The highest BCUT2D eigenvalue weighted by molar-refractivity contribution is 6.74. The van der Waals surface area contributed by atoms with E-state index in [1.165, 1.54) is 0 Å². The number of hydrogen-bond donors (Lipinski definition) is 0. The Bertz CT molecular complexity index is 438. The van der Waals surface area contributed by atoms with Crippen LogP contribution in [0.2, 0.25) is 18.1 Å². The lowest BCUT2D eigenvalue weighted by Crippen LogP contribution is -2.40. The molecule has 19 heavy (non-hydrogen) atoms. The van der Waals surface area contributed by atoms with Crippen molar-refractivity contribution in [1.29, 1.82) is 0 Å². The molecule has 0 spiro atoms. The van der Waals surface area contributed by atoms with Gasteiger partial charge in [-0.05, 0) is 44.1 Å². The highest BCUT2D eigenvalue weighted by Crippen LogP contribution is 2.37. The highest BCUT2D eigenvalue weighted by Gasteiger charge is 2.37. The van der Waals surface area contributed by atoms with Crippen LogP contribution in [-0.4, -0.2) is 14.6 Å². The molecule has 0 radical (unpaired) electrons. The van der Waals surface area contributed by atoms with Gasteiger partial charge in [0.05, 0.1) is 12.0 Å². The van der Waals surface area contributed by atoms with Crippen LogP contribution in [0.5, 0.6) is 0 Å². The molecule has 0 saturated heterocycles. The summed E-state index contributed by atoms with van der Waals surface area (Å²) in [4.78, 5) is 11.0. The fraction of sp³-hybridized carbons (Fsp3) is 0.667. The third-order valence-electron chi connectivity index (χ3n) is 3.97. The fourth-order valence-corrected chi connectivity index (χ4v) is 2.26. The molecule has 3 nitrogen and oxygen atoms in total. The minimum Gasteiger partial charge on any atom is -0.463 e. The average Bonchev–Trinajstić information content (AvgIpc) is 2.74. The van der Waals surface area contributed by atoms with Crippen molar-refractivity contribution in [1.82, 2.24) is 0 Å². The Morgan fingerprint density at radius 2 is 1.79 bits per heavy atom. The second-order valence-corrected chi connectivity index (χ2v) is 12.0. The van der Waals surface area contributed by atoms with Crippen LogP contribution < -0.4 is 0 Å². The molecule has 0 amide bonds. The summed E-state index contributed by atoms with van der Waals surface area (Å²) in [5.74, 6) is 1.48. The van der Waals surface area contributed by atoms with Crippen molar-refractivity contribution in [2.24, 2.45) is 0 Å². The number of hydrogen-bond acceptors (Lipinski definition) is 3. The fourth-order valence-electron chi connectivity index (χ4n) is 1.33. The van der Waals surface area contributed by atoms with Gasteiger partial charge in [0.25, 0.3) is 0 Å². The van der Waals surface area contributed by atoms with Gasteiger partial charge in [0.15, 0.2) is 8.32 Å². The first-order valence-electron chi connectivity index (χ1n) is 6.69. The van der Waals surface area contributed by atoms with Crippen LogP contribution in [0.25, 0.3) is 0 Å². The van der Waals surface area contributed by atoms with Crippen LogP contribution in [0.1, 0.15) is 46.1 Å². The molecule has 108 valence electrons. The first-order chi connectivity index (χ1) is 8.49. The predicted octanol–water partition coefficient (Wildman–Crippen LogP) is 4.28. The lowest BCUT2D eigenvalue weighted by atomic mass is 9.93. The maximum atomic E-state index is 11.0. The van der Waals surface area contributed by atoms with Crippen LogP contribution >= 0.6 is 0 Å². The molecule has 0 aliphatic rings. The van der Waals surface area contributed by atoms with E-state index in [1.807, 2.05) is 26.0 Å². The summed E-state index contributed by atoms with van der Waals surface area (Å²) in [6.45, 7) is 15.2. The SMILES string of the molecule is CC(C)(C=O)c1ccc(CO[Si](C)(C)C(C)(C)C)o1. The number of aldehydes is 1. The first kappa shape index (κ1) is 16.2. The largest absolute Gasteiger partial charge is 0.463 e. The molecule has 0 aromatic carbocycles. The Kier molecular flexibility index (Phi) is 4.47. The van der Waals surface area contributed by atoms with E-state index in [0.29, 0.717) is 12.4 Å². The molecule has 4 heteroatoms. The molecule has 1 aromatic heterocycles. The molecule has 0 unspecified atom stereocenters. The molecule has 0 N–H and O–H groups in total. The van der Waals surface area contributed by atoms with Crippen molar-refractivity contribution in [2.75, 3.05) is 0 Å². The van der Waals surface area contributed by atoms with E-state index in [1.54, 1.807) is 0 Å². The van der Waals surface area contributed by atoms with E-state index >= 15 is 0 Å². The van der Waals surface area contributed by atoms with Gasteiger partial charge in [0, 0.05) is 0 Å². The maximum Gasteiger partial charge on any atom is 0.192 e. The van der Waals surface area contributed by atoms with Gasteiger partial charge in [-0.1, -0.05) is 20.8 Å². The molecular formula is C15H26O3Si. The molecule has 1 heterocycles. The highest BCUT2D eigenvalue weighted by atomic mass is 28.4. The van der Waals surface area contributed by atoms with E-state index in [4.69, 9.17) is 8.84 Å². The van der Waals surface area contributed by atoms with Gasteiger partial charge >= 0.3 is 0 Å². The van der Waals surface area contributed by atoms with Crippen LogP contribution in [0, 0.1) is 0 Å². The Labute approximate surface area is 117 Å². The number of carbonyl (C=O) groups is 1. The van der Waals surface area contributed by atoms with Gasteiger partial charge in [-0.3, -0.25) is 0 Å². The molecule has 0 aliphatic heterocycles. The molecular weight excluding hydrogens is 256 g/mol. The smallest absolute Gasteiger partial charge is 0.192 e. The Hall–Kier alpha value is -0.873. The molecule has 0 saturated carbocycles. The minimum atomic E-state index is -1.76. The van der Waals surface area contributed by atoms with E-state index < -0.39 is 13.7 Å². The molecule has 0 fully saturated rings. The topological polar surface area (TPSA) is 39.4 Å². The third kappa shape index (κ3) is 3.80. The maximum absolute atomic E-state index is 11.0. The predicted molar refractivity (Wildman–Crippen MR) is 79.8 cm³/mol. The molecule has 1 rings (SSSR count). The van der Waals surface area contributed by atoms with Gasteiger partial charge in [0.2, 0.25) is 0 Å². The van der Waals surface area contributed by atoms with Crippen molar-refractivity contribution in [3.63, 3.8) is 0 Å². The van der Waals surface area contributed by atoms with Gasteiger partial charge in [-0.25, -0.2) is 0 Å². The second kappa shape index (κ2) is 5.25. The zero-order chi connectivity index (χ0) is 14.9.